The maximum absolute atomic E-state index is 13.4. The number of pyridine rings is 1. The quantitative estimate of drug-likeness (QED) is 0.115. The number of benzene rings is 2. The van der Waals surface area contributed by atoms with E-state index < -0.39 is 22.8 Å². The van der Waals surface area contributed by atoms with Gasteiger partial charge in [0, 0.05) is 35.9 Å². The van der Waals surface area contributed by atoms with E-state index in [4.69, 9.17) is 14.2 Å². The Morgan fingerprint density at radius 3 is 2.25 bits per heavy atom. The van der Waals surface area contributed by atoms with Crippen molar-refractivity contribution in [3.63, 3.8) is 0 Å². The van der Waals surface area contributed by atoms with E-state index in [2.05, 4.69) is 22.4 Å². The van der Waals surface area contributed by atoms with E-state index in [-0.39, 0.29) is 36.7 Å². The van der Waals surface area contributed by atoms with Crippen LogP contribution in [0.15, 0.2) is 102 Å². The fourth-order valence-electron chi connectivity index (χ4n) is 4.98. The van der Waals surface area contributed by atoms with E-state index in [1.54, 1.807) is 39.2 Å². The monoisotopic (exact) mass is 597 g/mol. The van der Waals surface area contributed by atoms with Crippen LogP contribution in [0.3, 0.4) is 0 Å². The number of carbonyl (C=O) groups is 2. The molecular formula is C34H35N3O7. The Morgan fingerprint density at radius 2 is 1.59 bits per heavy atom. The second-order valence-electron chi connectivity index (χ2n) is 10.1. The lowest BCUT2D eigenvalue weighted by Crippen LogP contribution is -2.32. The molecule has 1 aliphatic heterocycles. The third kappa shape index (κ3) is 8.26. The maximum Gasteiger partial charge on any atom is 0.336 e. The number of nitrogens with zero attached hydrogens (tertiary/aromatic N) is 2. The van der Waals surface area contributed by atoms with Crippen LogP contribution in [0.5, 0.6) is 0 Å². The molecule has 228 valence electrons. The van der Waals surface area contributed by atoms with Crippen LogP contribution in [0, 0.1) is 10.1 Å². The van der Waals surface area contributed by atoms with Gasteiger partial charge in [-0.15, -0.1) is 0 Å². The molecule has 0 spiro atoms. The van der Waals surface area contributed by atoms with E-state index in [0.717, 1.165) is 12.0 Å². The average Bonchev–Trinajstić information content (AvgIpc) is 3.01. The Kier molecular flexibility index (Phi) is 11.1. The summed E-state index contributed by atoms with van der Waals surface area (Å²) in [5, 5.41) is 14.5. The number of hydrogen-bond donors (Lipinski definition) is 1. The molecule has 10 nitrogen and oxygen atoms in total. The Hall–Kier alpha value is -5.09. The summed E-state index contributed by atoms with van der Waals surface area (Å²) in [6, 6.07) is 18.1. The van der Waals surface area contributed by atoms with E-state index in [1.165, 1.54) is 29.3 Å². The molecule has 0 saturated carbocycles. The smallest absolute Gasteiger partial charge is 0.336 e. The molecule has 0 fully saturated rings. The number of non-ortho nitro benzene ring substituents is 1. The van der Waals surface area contributed by atoms with E-state index in [0.29, 0.717) is 23.6 Å². The lowest BCUT2D eigenvalue weighted by molar-refractivity contribution is -0.384. The molecule has 1 N–H and O–H groups in total. The van der Waals surface area contributed by atoms with Gasteiger partial charge in [0.05, 0.1) is 41.8 Å². The van der Waals surface area contributed by atoms with Gasteiger partial charge in [0.25, 0.3) is 5.69 Å². The number of carbonyl (C=O) groups excluding carboxylic acids is 2. The minimum Gasteiger partial charge on any atom is -0.463 e. The fraction of sp³-hybridized carbons (Fsp3) is 0.265. The van der Waals surface area contributed by atoms with Gasteiger partial charge in [-0.25, -0.2) is 9.59 Å². The number of ether oxygens (including phenoxy) is 3. The van der Waals surface area contributed by atoms with Gasteiger partial charge < -0.3 is 19.5 Å². The van der Waals surface area contributed by atoms with Crippen molar-refractivity contribution in [1.82, 2.24) is 10.3 Å². The molecule has 0 aliphatic carbocycles. The van der Waals surface area contributed by atoms with Crippen LogP contribution in [0.25, 0.3) is 6.08 Å². The molecule has 3 aromatic rings. The molecule has 1 aliphatic rings. The normalized spacial score (nSPS) is 14.8. The average molecular weight is 598 g/mol. The van der Waals surface area contributed by atoms with E-state index in [9.17, 15) is 19.7 Å². The van der Waals surface area contributed by atoms with Crippen LogP contribution < -0.4 is 5.32 Å². The molecule has 4 rings (SSSR count). The van der Waals surface area contributed by atoms with Crippen molar-refractivity contribution in [2.45, 2.75) is 33.1 Å². The molecule has 1 atom stereocenters. The third-order valence-electron chi connectivity index (χ3n) is 7.01. The van der Waals surface area contributed by atoms with Gasteiger partial charge in [0.1, 0.15) is 6.61 Å². The maximum atomic E-state index is 13.4. The zero-order valence-electron chi connectivity index (χ0n) is 24.9. The van der Waals surface area contributed by atoms with Crippen molar-refractivity contribution in [1.29, 1.82) is 0 Å². The molecule has 2 heterocycles. The van der Waals surface area contributed by atoms with Crippen LogP contribution in [0.1, 0.15) is 48.9 Å². The SMILES string of the molecule is CCOC(=O)C1=C(C)NC(C)=C(C(=O)OCCOC/C=C/c2ccc(Cc3ccncc3)cc2)C1c1cccc([N+](=O)[O-])c1. The first kappa shape index (κ1) is 31.8. The summed E-state index contributed by atoms with van der Waals surface area (Å²) >= 11 is 0. The van der Waals surface area contributed by atoms with Crippen LogP contribution in [-0.2, 0) is 30.2 Å². The summed E-state index contributed by atoms with van der Waals surface area (Å²) in [4.78, 5) is 41.3. The fourth-order valence-corrected chi connectivity index (χ4v) is 4.98. The van der Waals surface area contributed by atoms with Gasteiger partial charge in [-0.2, -0.15) is 0 Å². The van der Waals surface area contributed by atoms with Gasteiger partial charge in [0.15, 0.2) is 0 Å². The molecule has 1 aromatic heterocycles. The Balaban J connectivity index is 1.35. The summed E-state index contributed by atoms with van der Waals surface area (Å²) < 4.78 is 16.4. The first-order valence-corrected chi connectivity index (χ1v) is 14.3. The van der Waals surface area contributed by atoms with Gasteiger partial charge in [-0.1, -0.05) is 48.6 Å². The second kappa shape index (κ2) is 15.4. The highest BCUT2D eigenvalue weighted by molar-refractivity contribution is 6.00. The summed E-state index contributed by atoms with van der Waals surface area (Å²) in [6.07, 6.45) is 8.26. The van der Waals surface area contributed by atoms with Crippen LogP contribution in [0.2, 0.25) is 0 Å². The number of dihydropyridines is 1. The van der Waals surface area contributed by atoms with Crippen molar-refractivity contribution in [2.75, 3.05) is 26.4 Å². The number of rotatable bonds is 13. The molecule has 0 radical (unpaired) electrons. The molecule has 44 heavy (non-hydrogen) atoms. The van der Waals surface area contributed by atoms with Gasteiger partial charge in [-0.3, -0.25) is 15.1 Å². The van der Waals surface area contributed by atoms with E-state index in [1.807, 2.05) is 36.4 Å². The van der Waals surface area contributed by atoms with Crippen molar-refractivity contribution < 1.29 is 28.7 Å². The Bertz CT molecular complexity index is 1580. The lowest BCUT2D eigenvalue weighted by atomic mass is 9.80. The largest absolute Gasteiger partial charge is 0.463 e. The molecule has 10 heteroatoms. The number of esters is 2. The second-order valence-corrected chi connectivity index (χ2v) is 10.1. The van der Waals surface area contributed by atoms with Crippen LogP contribution >= 0.6 is 0 Å². The number of nitro groups is 1. The van der Waals surface area contributed by atoms with Crippen molar-refractivity contribution >= 4 is 23.7 Å². The topological polar surface area (TPSA) is 130 Å². The van der Waals surface area contributed by atoms with Gasteiger partial charge >= 0.3 is 11.9 Å². The number of hydrogen-bond acceptors (Lipinski definition) is 9. The Morgan fingerprint density at radius 1 is 0.932 bits per heavy atom. The number of nitrogens with one attached hydrogen (secondary N) is 1. The number of nitro benzene ring substituents is 1. The lowest BCUT2D eigenvalue weighted by Gasteiger charge is -2.30. The number of allylic oxidation sites excluding steroid dienone is 2. The van der Waals surface area contributed by atoms with Crippen molar-refractivity contribution in [3.8, 4) is 0 Å². The first-order valence-electron chi connectivity index (χ1n) is 14.3. The summed E-state index contributed by atoms with van der Waals surface area (Å²) in [7, 11) is 0. The van der Waals surface area contributed by atoms with Crippen LogP contribution in [0.4, 0.5) is 5.69 Å². The van der Waals surface area contributed by atoms with Gasteiger partial charge in [0.2, 0.25) is 0 Å². The summed E-state index contributed by atoms with van der Waals surface area (Å²) in [6.45, 7) is 5.65. The third-order valence-corrected chi connectivity index (χ3v) is 7.01. The predicted octanol–water partition coefficient (Wildman–Crippen LogP) is 5.65. The minimum atomic E-state index is -0.914. The van der Waals surface area contributed by atoms with Crippen molar-refractivity contribution in [3.05, 3.63) is 134 Å². The molecule has 0 saturated heterocycles. The molecular weight excluding hydrogens is 562 g/mol. The van der Waals surface area contributed by atoms with Crippen LogP contribution in [-0.4, -0.2) is 48.3 Å². The van der Waals surface area contributed by atoms with Gasteiger partial charge in [-0.05, 0) is 61.6 Å². The predicted molar refractivity (Wildman–Crippen MR) is 165 cm³/mol. The van der Waals surface area contributed by atoms with Crippen molar-refractivity contribution in [2.24, 2.45) is 0 Å². The van der Waals surface area contributed by atoms with E-state index >= 15 is 0 Å². The first-order chi connectivity index (χ1) is 21.3. The molecule has 2 aromatic carbocycles. The molecule has 0 bridgehead atoms. The zero-order chi connectivity index (χ0) is 31.5. The zero-order valence-corrected chi connectivity index (χ0v) is 24.9. The number of aromatic nitrogens is 1. The molecule has 0 amide bonds. The standard InChI is InChI=1S/C34H35N3O7/c1-4-43-33(38)30-23(2)36-24(3)31(32(30)28-8-5-9-29(22-28)37(40)41)34(39)44-20-19-42-18-6-7-25-10-12-26(13-11-25)21-27-14-16-35-17-15-27/h5-17,22,32,36H,4,18-21H2,1-3H3/b7-6+. The minimum absolute atomic E-state index is 0.0216. The highest BCUT2D eigenvalue weighted by Crippen LogP contribution is 2.40. The highest BCUT2D eigenvalue weighted by atomic mass is 16.6. The molecule has 1 unspecified atom stereocenters. The highest BCUT2D eigenvalue weighted by Gasteiger charge is 2.38. The Labute approximate surface area is 256 Å². The summed E-state index contributed by atoms with van der Waals surface area (Å²) in [5.74, 6) is -2.19. The summed E-state index contributed by atoms with van der Waals surface area (Å²) in [5.41, 5.74) is 5.03.